The Labute approximate surface area is 147 Å². The third-order valence-electron chi connectivity index (χ3n) is 4.02. The number of hydrogen-bond acceptors (Lipinski definition) is 7. The molecule has 3 aromatic heterocycles. The summed E-state index contributed by atoms with van der Waals surface area (Å²) in [5.74, 6) is 0.577. The first-order chi connectivity index (χ1) is 12.2. The quantitative estimate of drug-likeness (QED) is 0.732. The van der Waals surface area contributed by atoms with Gasteiger partial charge in [-0.3, -0.25) is 9.78 Å². The van der Waals surface area contributed by atoms with Crippen LogP contribution in [-0.4, -0.2) is 35.0 Å². The minimum Gasteiger partial charge on any atom is -0.463 e. The fourth-order valence-corrected chi connectivity index (χ4v) is 3.57. The molecule has 7 nitrogen and oxygen atoms in total. The van der Waals surface area contributed by atoms with Gasteiger partial charge >= 0.3 is 0 Å². The third kappa shape index (κ3) is 3.32. The first-order valence-electron chi connectivity index (χ1n) is 7.98. The van der Waals surface area contributed by atoms with Crippen LogP contribution in [0.25, 0.3) is 10.3 Å². The van der Waals surface area contributed by atoms with Gasteiger partial charge in [0.15, 0.2) is 5.69 Å². The molecule has 1 aliphatic carbocycles. The van der Waals surface area contributed by atoms with E-state index in [9.17, 15) is 4.79 Å². The number of fused-ring (bicyclic) bond motifs is 1. The number of rotatable bonds is 6. The van der Waals surface area contributed by atoms with Crippen LogP contribution in [0.4, 0.5) is 5.82 Å². The van der Waals surface area contributed by atoms with Gasteiger partial charge < -0.3 is 14.6 Å². The Kier molecular flexibility index (Phi) is 4.07. The van der Waals surface area contributed by atoms with Crippen molar-refractivity contribution in [3.8, 4) is 6.07 Å². The lowest BCUT2D eigenvalue weighted by Crippen LogP contribution is -2.36. The van der Waals surface area contributed by atoms with Crippen LogP contribution in [0.15, 0.2) is 35.2 Å². The normalized spacial score (nSPS) is 13.6. The Morgan fingerprint density at radius 2 is 2.36 bits per heavy atom. The van der Waals surface area contributed by atoms with E-state index >= 15 is 0 Å². The van der Waals surface area contributed by atoms with Gasteiger partial charge in [0.1, 0.15) is 17.5 Å². The summed E-state index contributed by atoms with van der Waals surface area (Å²) in [4.78, 5) is 23.4. The minimum atomic E-state index is -0.107. The number of nitriles is 1. The summed E-state index contributed by atoms with van der Waals surface area (Å²) in [6.07, 6.45) is 6.91. The largest absolute Gasteiger partial charge is 0.463 e. The van der Waals surface area contributed by atoms with Crippen LogP contribution >= 0.6 is 11.3 Å². The van der Waals surface area contributed by atoms with E-state index in [2.05, 4.69) is 20.2 Å². The van der Waals surface area contributed by atoms with E-state index in [4.69, 9.17) is 9.68 Å². The highest BCUT2D eigenvalue weighted by atomic mass is 32.1. The Bertz CT molecular complexity index is 925. The van der Waals surface area contributed by atoms with E-state index in [-0.39, 0.29) is 5.91 Å². The molecule has 0 aliphatic heterocycles. The lowest BCUT2D eigenvalue weighted by Gasteiger charge is -2.23. The number of aromatic nitrogens is 2. The number of carbonyl (C=O) groups excluding carboxylic acids is 1. The second-order valence-corrected chi connectivity index (χ2v) is 6.90. The molecule has 0 atom stereocenters. The topological polar surface area (TPSA) is 95.1 Å². The van der Waals surface area contributed by atoms with E-state index < -0.39 is 0 Å². The lowest BCUT2D eigenvalue weighted by atomic mass is 10.4. The van der Waals surface area contributed by atoms with E-state index in [0.717, 1.165) is 23.1 Å². The van der Waals surface area contributed by atoms with E-state index in [1.54, 1.807) is 18.5 Å². The first kappa shape index (κ1) is 15.6. The fourth-order valence-electron chi connectivity index (χ4n) is 2.67. The maximum Gasteiger partial charge on any atom is 0.261 e. The lowest BCUT2D eigenvalue weighted by molar-refractivity contribution is 0.0958. The number of carbonyl (C=O) groups is 1. The van der Waals surface area contributed by atoms with Crippen molar-refractivity contribution in [3.05, 3.63) is 41.4 Å². The maximum absolute atomic E-state index is 12.3. The standard InChI is InChI=1S/C17H15N5O2S/c18-8-11-9-19-10-16(21-11)22(12-1-2-12)5-4-20-17(23)15-7-13-14(25-15)3-6-24-13/h3,6-7,9-10,12H,1-2,4-5H2,(H,20,23). The molecule has 4 rings (SSSR count). The molecular formula is C17H15N5O2S. The molecule has 3 heterocycles. The summed E-state index contributed by atoms with van der Waals surface area (Å²) in [5.41, 5.74) is 1.03. The molecule has 1 saturated carbocycles. The number of amides is 1. The second-order valence-electron chi connectivity index (χ2n) is 5.81. The number of anilines is 1. The van der Waals surface area contributed by atoms with Crippen molar-refractivity contribution in [1.82, 2.24) is 15.3 Å². The number of thiophene rings is 1. The molecule has 3 aromatic rings. The van der Waals surface area contributed by atoms with Gasteiger partial charge in [0.05, 0.1) is 28.2 Å². The van der Waals surface area contributed by atoms with Crippen LogP contribution in [0.3, 0.4) is 0 Å². The average molecular weight is 353 g/mol. The fraction of sp³-hybridized carbons (Fsp3) is 0.294. The van der Waals surface area contributed by atoms with Gasteiger partial charge in [0, 0.05) is 25.2 Å². The van der Waals surface area contributed by atoms with Crippen LogP contribution in [0.5, 0.6) is 0 Å². The average Bonchev–Trinajstić information content (AvgIpc) is 3.23. The van der Waals surface area contributed by atoms with Gasteiger partial charge in [-0.1, -0.05) is 0 Å². The minimum absolute atomic E-state index is 0.107. The summed E-state index contributed by atoms with van der Waals surface area (Å²) in [6, 6.07) is 6.03. The second kappa shape index (κ2) is 6.53. The SMILES string of the molecule is N#Cc1cncc(N(CCNC(=O)c2cc3occc3s2)C2CC2)n1. The Hall–Kier alpha value is -2.92. The molecule has 0 unspecified atom stereocenters. The van der Waals surface area contributed by atoms with E-state index in [1.165, 1.54) is 17.5 Å². The van der Waals surface area contributed by atoms with Crippen molar-refractivity contribution in [3.63, 3.8) is 0 Å². The molecule has 0 bridgehead atoms. The van der Waals surface area contributed by atoms with Gasteiger partial charge in [-0.2, -0.15) is 5.26 Å². The van der Waals surface area contributed by atoms with E-state index in [0.29, 0.717) is 35.5 Å². The highest BCUT2D eigenvalue weighted by Gasteiger charge is 2.30. The zero-order valence-corrected chi connectivity index (χ0v) is 14.1. The monoisotopic (exact) mass is 353 g/mol. The number of furan rings is 1. The molecular weight excluding hydrogens is 338 g/mol. The number of nitrogens with one attached hydrogen (secondary N) is 1. The summed E-state index contributed by atoms with van der Waals surface area (Å²) in [5, 5.41) is 11.9. The Morgan fingerprint density at radius 1 is 1.48 bits per heavy atom. The molecule has 0 saturated heterocycles. The van der Waals surface area contributed by atoms with Gasteiger partial charge in [0.25, 0.3) is 5.91 Å². The van der Waals surface area contributed by atoms with Gasteiger partial charge in [-0.05, 0) is 18.9 Å². The molecule has 0 radical (unpaired) electrons. The molecule has 126 valence electrons. The summed E-state index contributed by atoms with van der Waals surface area (Å²) in [7, 11) is 0. The zero-order valence-electron chi connectivity index (χ0n) is 13.3. The van der Waals surface area contributed by atoms with Crippen molar-refractivity contribution in [1.29, 1.82) is 5.26 Å². The van der Waals surface area contributed by atoms with Crippen LogP contribution in [0, 0.1) is 11.3 Å². The molecule has 0 spiro atoms. The molecule has 0 aromatic carbocycles. The van der Waals surface area contributed by atoms with Gasteiger partial charge in [0.2, 0.25) is 0 Å². The Balaban J connectivity index is 1.39. The highest BCUT2D eigenvalue weighted by Crippen LogP contribution is 2.30. The summed E-state index contributed by atoms with van der Waals surface area (Å²) in [6.45, 7) is 1.12. The van der Waals surface area contributed by atoms with Crippen LogP contribution in [-0.2, 0) is 0 Å². The third-order valence-corrected chi connectivity index (χ3v) is 5.10. The molecule has 1 aliphatic rings. The van der Waals surface area contributed by atoms with Crippen molar-refractivity contribution < 1.29 is 9.21 Å². The smallest absolute Gasteiger partial charge is 0.261 e. The summed E-state index contributed by atoms with van der Waals surface area (Å²) >= 11 is 1.41. The summed E-state index contributed by atoms with van der Waals surface area (Å²) < 4.78 is 6.26. The van der Waals surface area contributed by atoms with E-state index in [1.807, 2.05) is 12.1 Å². The highest BCUT2D eigenvalue weighted by molar-refractivity contribution is 7.20. The predicted octanol–water partition coefficient (Wildman–Crippen LogP) is 2.55. The van der Waals surface area contributed by atoms with Crippen molar-refractivity contribution >= 4 is 33.3 Å². The van der Waals surface area contributed by atoms with Crippen molar-refractivity contribution in [2.24, 2.45) is 0 Å². The van der Waals surface area contributed by atoms with Gasteiger partial charge in [-0.15, -0.1) is 11.3 Å². The predicted molar refractivity (Wildman–Crippen MR) is 93.5 cm³/mol. The van der Waals surface area contributed by atoms with Crippen LogP contribution < -0.4 is 10.2 Å². The first-order valence-corrected chi connectivity index (χ1v) is 8.80. The molecule has 25 heavy (non-hydrogen) atoms. The Morgan fingerprint density at radius 3 is 3.12 bits per heavy atom. The molecule has 8 heteroatoms. The van der Waals surface area contributed by atoms with Crippen LogP contribution in [0.2, 0.25) is 0 Å². The maximum atomic E-state index is 12.3. The zero-order chi connectivity index (χ0) is 17.2. The number of hydrogen-bond donors (Lipinski definition) is 1. The van der Waals surface area contributed by atoms with Crippen molar-refractivity contribution in [2.75, 3.05) is 18.0 Å². The molecule has 1 fully saturated rings. The molecule has 1 amide bonds. The molecule has 1 N–H and O–H groups in total. The van der Waals surface area contributed by atoms with Crippen LogP contribution in [0.1, 0.15) is 28.2 Å². The van der Waals surface area contributed by atoms with Gasteiger partial charge in [-0.25, -0.2) is 4.98 Å². The van der Waals surface area contributed by atoms with Crippen molar-refractivity contribution in [2.45, 2.75) is 18.9 Å². The number of nitrogens with zero attached hydrogens (tertiary/aromatic N) is 4.